The normalized spacial score (nSPS) is 19.7. The maximum absolute atomic E-state index is 12.8. The number of amides is 2. The minimum absolute atomic E-state index is 0.00246. The van der Waals surface area contributed by atoms with Gasteiger partial charge in [-0.25, -0.2) is 19.2 Å². The molecule has 0 bridgehead atoms. The molecule has 0 saturated carbocycles. The summed E-state index contributed by atoms with van der Waals surface area (Å²) in [7, 11) is 0. The number of hydrogen-bond acceptors (Lipinski definition) is 5. The van der Waals surface area contributed by atoms with Gasteiger partial charge in [-0.15, -0.1) is 0 Å². The van der Waals surface area contributed by atoms with E-state index in [2.05, 4.69) is 0 Å². The van der Waals surface area contributed by atoms with Crippen LogP contribution in [0.15, 0.2) is 48.5 Å². The fourth-order valence-electron chi connectivity index (χ4n) is 4.10. The Bertz CT molecular complexity index is 984. The summed E-state index contributed by atoms with van der Waals surface area (Å²) in [6, 6.07) is 11.9. The van der Waals surface area contributed by atoms with Crippen LogP contribution in [-0.2, 0) is 40.3 Å². The van der Waals surface area contributed by atoms with E-state index < -0.39 is 36.2 Å². The van der Waals surface area contributed by atoms with Crippen molar-refractivity contribution < 1.29 is 34.1 Å². The summed E-state index contributed by atoms with van der Waals surface area (Å²) in [5.74, 6) is -2.02. The fourth-order valence-corrected chi connectivity index (χ4v) is 4.10. The highest BCUT2D eigenvalue weighted by Gasteiger charge is 2.40. The zero-order valence-electron chi connectivity index (χ0n) is 16.4. The molecular weight excluding hydrogens is 404 g/mol. The number of nitrogens with zero attached hydrogens (tertiary/aromatic N) is 2. The lowest BCUT2D eigenvalue weighted by molar-refractivity contribution is -0.167. The number of benzene rings is 2. The molecule has 2 amide bonds. The predicted octanol–water partition coefficient (Wildman–Crippen LogP) is 2.27. The summed E-state index contributed by atoms with van der Waals surface area (Å²) in [6.07, 6.45) is -2.46. The molecule has 2 aliphatic rings. The highest BCUT2D eigenvalue weighted by atomic mass is 16.6. The van der Waals surface area contributed by atoms with Gasteiger partial charge < -0.3 is 14.9 Å². The zero-order valence-corrected chi connectivity index (χ0v) is 16.4. The Kier molecular flexibility index (Phi) is 5.33. The molecule has 2 unspecified atom stereocenters. The highest BCUT2D eigenvalue weighted by molar-refractivity contribution is 5.94. The molecule has 2 atom stereocenters. The third kappa shape index (κ3) is 3.94. The van der Waals surface area contributed by atoms with Gasteiger partial charge in [-0.3, -0.25) is 9.80 Å². The SMILES string of the molecule is O=C(OC(=O)C1Cc2ccccc2CN1C(=O)O)C1Cc2ccccc2CN1C(=O)O. The van der Waals surface area contributed by atoms with Crippen molar-refractivity contribution in [3.8, 4) is 0 Å². The Balaban J connectivity index is 1.54. The minimum atomic E-state index is -1.30. The van der Waals surface area contributed by atoms with Gasteiger partial charge in [-0.05, 0) is 22.3 Å². The summed E-state index contributed by atoms with van der Waals surface area (Å²) in [4.78, 5) is 50.8. The van der Waals surface area contributed by atoms with Crippen LogP contribution in [0.3, 0.4) is 0 Å². The molecule has 0 aromatic heterocycles. The van der Waals surface area contributed by atoms with Crippen molar-refractivity contribution in [1.29, 1.82) is 0 Å². The summed E-state index contributed by atoms with van der Waals surface area (Å²) in [6.45, 7) is -0.00492. The van der Waals surface area contributed by atoms with E-state index >= 15 is 0 Å². The number of carbonyl (C=O) groups excluding carboxylic acids is 2. The first kappa shape index (κ1) is 20.4. The molecule has 0 spiro atoms. The highest BCUT2D eigenvalue weighted by Crippen LogP contribution is 2.26. The first-order valence-electron chi connectivity index (χ1n) is 9.73. The number of carbonyl (C=O) groups is 4. The van der Waals surface area contributed by atoms with Crippen molar-refractivity contribution in [2.75, 3.05) is 0 Å². The summed E-state index contributed by atoms with van der Waals surface area (Å²) < 4.78 is 5.03. The van der Waals surface area contributed by atoms with Gasteiger partial charge in [0, 0.05) is 12.8 Å². The molecule has 160 valence electrons. The third-order valence-corrected chi connectivity index (χ3v) is 5.73. The number of esters is 2. The Morgan fingerprint density at radius 2 is 1.03 bits per heavy atom. The van der Waals surface area contributed by atoms with Crippen LogP contribution in [0.25, 0.3) is 0 Å². The Labute approximate surface area is 177 Å². The van der Waals surface area contributed by atoms with Crippen molar-refractivity contribution >= 4 is 24.1 Å². The molecule has 0 fully saturated rings. The van der Waals surface area contributed by atoms with Crippen molar-refractivity contribution in [3.63, 3.8) is 0 Å². The van der Waals surface area contributed by atoms with E-state index in [4.69, 9.17) is 4.74 Å². The van der Waals surface area contributed by atoms with Crippen molar-refractivity contribution in [1.82, 2.24) is 9.80 Å². The van der Waals surface area contributed by atoms with Crippen molar-refractivity contribution in [2.24, 2.45) is 0 Å². The molecule has 9 heteroatoms. The molecule has 4 rings (SSSR count). The topological polar surface area (TPSA) is 124 Å². The minimum Gasteiger partial charge on any atom is -0.465 e. The second kappa shape index (κ2) is 8.10. The fraction of sp³-hybridized carbons (Fsp3) is 0.273. The van der Waals surface area contributed by atoms with Gasteiger partial charge in [0.2, 0.25) is 0 Å². The second-order valence-corrected chi connectivity index (χ2v) is 7.54. The van der Waals surface area contributed by atoms with Crippen LogP contribution >= 0.6 is 0 Å². The number of ether oxygens (including phenoxy) is 1. The first-order valence-corrected chi connectivity index (χ1v) is 9.73. The molecule has 0 saturated heterocycles. The van der Waals surface area contributed by atoms with Crippen LogP contribution in [0.1, 0.15) is 22.3 Å². The van der Waals surface area contributed by atoms with Gasteiger partial charge in [0.25, 0.3) is 0 Å². The van der Waals surface area contributed by atoms with Crippen LogP contribution in [0, 0.1) is 0 Å². The quantitative estimate of drug-likeness (QED) is 0.560. The van der Waals surface area contributed by atoms with Crippen molar-refractivity contribution in [2.45, 2.75) is 38.0 Å². The third-order valence-electron chi connectivity index (χ3n) is 5.73. The van der Waals surface area contributed by atoms with E-state index in [0.717, 1.165) is 32.1 Å². The number of hydrogen-bond donors (Lipinski definition) is 2. The molecule has 2 aromatic rings. The van der Waals surface area contributed by atoms with Crippen LogP contribution in [0.5, 0.6) is 0 Å². The largest absolute Gasteiger partial charge is 0.465 e. The Morgan fingerprint density at radius 3 is 1.39 bits per heavy atom. The predicted molar refractivity (Wildman–Crippen MR) is 106 cm³/mol. The van der Waals surface area contributed by atoms with Crippen LogP contribution < -0.4 is 0 Å². The smallest absolute Gasteiger partial charge is 0.408 e. The van der Waals surface area contributed by atoms with E-state index in [1.54, 1.807) is 48.5 Å². The number of carboxylic acid groups (broad SMARTS) is 2. The molecule has 2 aliphatic heterocycles. The van der Waals surface area contributed by atoms with Gasteiger partial charge in [0.1, 0.15) is 12.1 Å². The van der Waals surface area contributed by atoms with Gasteiger partial charge in [0.15, 0.2) is 0 Å². The number of fused-ring (bicyclic) bond motifs is 2. The van der Waals surface area contributed by atoms with E-state index in [9.17, 15) is 29.4 Å². The lowest BCUT2D eigenvalue weighted by Gasteiger charge is -2.35. The van der Waals surface area contributed by atoms with E-state index in [1.807, 2.05) is 0 Å². The lowest BCUT2D eigenvalue weighted by atomic mass is 9.93. The standard InChI is InChI=1S/C22H20N2O7/c25-19(17-9-13-5-1-3-7-15(13)11-23(17)21(27)28)31-20(26)18-10-14-6-2-4-8-16(14)12-24(18)22(29)30/h1-8,17-18H,9-12H2,(H,27,28)(H,29,30). The average molecular weight is 424 g/mol. The molecule has 2 aromatic carbocycles. The van der Waals surface area contributed by atoms with Crippen molar-refractivity contribution in [3.05, 3.63) is 70.8 Å². The van der Waals surface area contributed by atoms with Crippen LogP contribution in [-0.4, -0.2) is 56.2 Å². The Morgan fingerprint density at radius 1 is 0.677 bits per heavy atom. The average Bonchev–Trinajstić information content (AvgIpc) is 2.77. The summed E-state index contributed by atoms with van der Waals surface area (Å²) in [5.41, 5.74) is 3.16. The molecular formula is C22H20N2O7. The Hall–Kier alpha value is -3.88. The van der Waals surface area contributed by atoms with Gasteiger partial charge in [-0.1, -0.05) is 48.5 Å². The molecule has 9 nitrogen and oxygen atoms in total. The molecule has 31 heavy (non-hydrogen) atoms. The molecule has 0 radical (unpaired) electrons. The summed E-state index contributed by atoms with van der Waals surface area (Å²) in [5, 5.41) is 19.1. The lowest BCUT2D eigenvalue weighted by Crippen LogP contribution is -2.52. The molecule has 2 N–H and O–H groups in total. The maximum atomic E-state index is 12.8. The maximum Gasteiger partial charge on any atom is 0.408 e. The van der Waals surface area contributed by atoms with Crippen LogP contribution in [0.2, 0.25) is 0 Å². The first-order chi connectivity index (χ1) is 14.8. The molecule has 2 heterocycles. The van der Waals surface area contributed by atoms with E-state index in [1.165, 1.54) is 0 Å². The number of rotatable bonds is 2. The van der Waals surface area contributed by atoms with Gasteiger partial charge >= 0.3 is 24.1 Å². The zero-order chi connectivity index (χ0) is 22.1. The second-order valence-electron chi connectivity index (χ2n) is 7.54. The van der Waals surface area contributed by atoms with E-state index in [0.29, 0.717) is 0 Å². The summed E-state index contributed by atoms with van der Waals surface area (Å²) >= 11 is 0. The van der Waals surface area contributed by atoms with Gasteiger partial charge in [-0.2, -0.15) is 0 Å². The molecule has 0 aliphatic carbocycles. The van der Waals surface area contributed by atoms with Crippen LogP contribution in [0.4, 0.5) is 9.59 Å². The van der Waals surface area contributed by atoms with E-state index in [-0.39, 0.29) is 25.9 Å². The van der Waals surface area contributed by atoms with Gasteiger partial charge in [0.05, 0.1) is 13.1 Å². The monoisotopic (exact) mass is 424 g/mol.